The van der Waals surface area contributed by atoms with Crippen molar-refractivity contribution in [3.8, 4) is 22.4 Å². The zero-order valence-electron chi connectivity index (χ0n) is 18.2. The molecule has 3 heterocycles. The minimum absolute atomic E-state index is 0.273. The summed E-state index contributed by atoms with van der Waals surface area (Å²) >= 11 is 0. The van der Waals surface area contributed by atoms with E-state index in [1.54, 1.807) is 30.6 Å². The standard InChI is InChI=1S/C24H22FN7OS/c25-20-14-17(6-7-19(20)21-15-30-23(26)16-29-21)18-4-1-2-5-22(18)34(33)32-12-10-31(11-13-32)24-27-8-3-9-28-24/h1-9,14-16H,10-13H2,(H2,26,30). The molecule has 4 aromatic rings. The SMILES string of the molecule is Nc1cnc(-c2ccc(-c3ccccc3S(=O)N3CCN(c4ncccn4)CC3)cc2F)cn1. The first kappa shape index (κ1) is 22.1. The lowest BCUT2D eigenvalue weighted by Gasteiger charge is -2.33. The number of nitrogens with two attached hydrogens (primary N) is 1. The third-order valence-electron chi connectivity index (χ3n) is 5.61. The molecule has 0 spiro atoms. The molecule has 1 aliphatic rings. The van der Waals surface area contributed by atoms with Gasteiger partial charge in [0, 0.05) is 44.1 Å². The smallest absolute Gasteiger partial charge is 0.225 e. The molecule has 10 heteroatoms. The third-order valence-corrected chi connectivity index (χ3v) is 7.18. The molecule has 0 amide bonds. The summed E-state index contributed by atoms with van der Waals surface area (Å²) in [6.07, 6.45) is 6.27. The van der Waals surface area contributed by atoms with E-state index >= 15 is 4.39 Å². The van der Waals surface area contributed by atoms with Crippen LogP contribution in [0.25, 0.3) is 22.4 Å². The topological polar surface area (TPSA) is 101 Å². The van der Waals surface area contributed by atoms with Gasteiger partial charge in [0.25, 0.3) is 0 Å². The number of nitrogens with zero attached hydrogens (tertiary/aromatic N) is 6. The molecule has 8 nitrogen and oxygen atoms in total. The van der Waals surface area contributed by atoms with Gasteiger partial charge in [0.05, 0.1) is 23.0 Å². The van der Waals surface area contributed by atoms with Crippen LogP contribution < -0.4 is 10.6 Å². The molecule has 5 rings (SSSR count). The lowest BCUT2D eigenvalue weighted by atomic mass is 10.0. The van der Waals surface area contributed by atoms with Crippen molar-refractivity contribution in [2.24, 2.45) is 0 Å². The van der Waals surface area contributed by atoms with E-state index in [9.17, 15) is 4.21 Å². The van der Waals surface area contributed by atoms with E-state index < -0.39 is 16.8 Å². The van der Waals surface area contributed by atoms with Gasteiger partial charge in [-0.25, -0.2) is 27.9 Å². The Hall–Kier alpha value is -3.76. The molecule has 1 aliphatic heterocycles. The number of rotatable bonds is 5. The van der Waals surface area contributed by atoms with Gasteiger partial charge in [-0.2, -0.15) is 0 Å². The quantitative estimate of drug-likeness (QED) is 0.473. The number of hydrogen-bond donors (Lipinski definition) is 1. The van der Waals surface area contributed by atoms with Crippen LogP contribution in [0.2, 0.25) is 0 Å². The zero-order valence-corrected chi connectivity index (χ0v) is 19.0. The average Bonchev–Trinajstić information content (AvgIpc) is 2.89. The molecule has 0 bridgehead atoms. The Labute approximate surface area is 198 Å². The molecular weight excluding hydrogens is 453 g/mol. The van der Waals surface area contributed by atoms with Crippen molar-refractivity contribution in [1.82, 2.24) is 24.2 Å². The Balaban J connectivity index is 1.37. The van der Waals surface area contributed by atoms with Crippen LogP contribution in [0.5, 0.6) is 0 Å². The van der Waals surface area contributed by atoms with Crippen molar-refractivity contribution in [3.05, 3.63) is 79.1 Å². The number of piperazine rings is 1. The highest BCUT2D eigenvalue weighted by Crippen LogP contribution is 2.31. The van der Waals surface area contributed by atoms with Gasteiger partial charge >= 0.3 is 0 Å². The van der Waals surface area contributed by atoms with Gasteiger partial charge in [0.15, 0.2) is 0 Å². The fraction of sp³-hybridized carbons (Fsp3) is 0.167. The lowest BCUT2D eigenvalue weighted by molar-refractivity contribution is 0.407. The summed E-state index contributed by atoms with van der Waals surface area (Å²) in [6.45, 7) is 2.54. The first-order chi connectivity index (χ1) is 16.6. The summed E-state index contributed by atoms with van der Waals surface area (Å²) in [6, 6.07) is 14.1. The monoisotopic (exact) mass is 475 g/mol. The second-order valence-corrected chi connectivity index (χ2v) is 9.19. The molecule has 0 saturated carbocycles. The van der Waals surface area contributed by atoms with Crippen molar-refractivity contribution in [3.63, 3.8) is 0 Å². The highest BCUT2D eigenvalue weighted by molar-refractivity contribution is 7.82. The number of hydrogen-bond acceptors (Lipinski definition) is 7. The van der Waals surface area contributed by atoms with E-state index in [1.807, 2.05) is 28.6 Å². The number of nitrogen functional groups attached to an aromatic ring is 1. The first-order valence-electron chi connectivity index (χ1n) is 10.8. The minimum Gasteiger partial charge on any atom is -0.382 e. The molecule has 2 N–H and O–H groups in total. The summed E-state index contributed by atoms with van der Waals surface area (Å²) in [4.78, 5) is 19.4. The molecule has 34 heavy (non-hydrogen) atoms. The predicted octanol–water partition coefficient (Wildman–Crippen LogP) is 3.17. The summed E-state index contributed by atoms with van der Waals surface area (Å²) in [5.74, 6) is 0.512. The van der Waals surface area contributed by atoms with E-state index in [2.05, 4.69) is 24.8 Å². The van der Waals surface area contributed by atoms with E-state index in [0.717, 1.165) is 5.56 Å². The van der Waals surface area contributed by atoms with Crippen LogP contribution in [0.15, 0.2) is 78.2 Å². The van der Waals surface area contributed by atoms with Crippen LogP contribution in [0.4, 0.5) is 16.2 Å². The average molecular weight is 476 g/mol. The summed E-state index contributed by atoms with van der Waals surface area (Å²) in [5.41, 5.74) is 7.67. The summed E-state index contributed by atoms with van der Waals surface area (Å²) < 4.78 is 30.4. The van der Waals surface area contributed by atoms with Crippen LogP contribution in [0.1, 0.15) is 0 Å². The van der Waals surface area contributed by atoms with Gasteiger partial charge in [0.2, 0.25) is 5.95 Å². The van der Waals surface area contributed by atoms with Crippen molar-refractivity contribution in [2.45, 2.75) is 4.90 Å². The summed E-state index contributed by atoms with van der Waals surface area (Å²) in [7, 11) is -1.40. The molecule has 1 unspecified atom stereocenters. The van der Waals surface area contributed by atoms with Crippen molar-refractivity contribution in [1.29, 1.82) is 0 Å². The van der Waals surface area contributed by atoms with Crippen LogP contribution in [-0.4, -0.2) is 54.6 Å². The molecule has 1 atom stereocenters. The van der Waals surface area contributed by atoms with Gasteiger partial charge in [-0.3, -0.25) is 4.98 Å². The maximum Gasteiger partial charge on any atom is 0.225 e. The molecule has 1 saturated heterocycles. The second-order valence-electron chi connectivity index (χ2n) is 7.73. The number of aromatic nitrogens is 4. The molecule has 0 radical (unpaired) electrons. The van der Waals surface area contributed by atoms with E-state index in [4.69, 9.17) is 5.73 Å². The van der Waals surface area contributed by atoms with Crippen LogP contribution in [0.3, 0.4) is 0 Å². The Morgan fingerprint density at radius 3 is 2.32 bits per heavy atom. The Morgan fingerprint density at radius 1 is 0.853 bits per heavy atom. The molecule has 1 fully saturated rings. The van der Waals surface area contributed by atoms with Crippen molar-refractivity contribution >= 4 is 22.8 Å². The minimum atomic E-state index is -1.40. The number of benzene rings is 2. The Morgan fingerprint density at radius 2 is 1.62 bits per heavy atom. The Bertz CT molecular complexity index is 1310. The predicted molar refractivity (Wildman–Crippen MR) is 130 cm³/mol. The number of halogens is 1. The molecule has 172 valence electrons. The summed E-state index contributed by atoms with van der Waals surface area (Å²) in [5, 5.41) is 0. The van der Waals surface area contributed by atoms with Gasteiger partial charge < -0.3 is 10.6 Å². The lowest BCUT2D eigenvalue weighted by Crippen LogP contribution is -2.47. The van der Waals surface area contributed by atoms with Gasteiger partial charge in [-0.05, 0) is 35.4 Å². The number of anilines is 2. The molecule has 2 aromatic heterocycles. The highest BCUT2D eigenvalue weighted by Gasteiger charge is 2.25. The van der Waals surface area contributed by atoms with Crippen molar-refractivity contribution < 1.29 is 8.60 Å². The van der Waals surface area contributed by atoms with Gasteiger partial charge in [-0.1, -0.05) is 24.3 Å². The fourth-order valence-electron chi connectivity index (χ4n) is 3.87. The first-order valence-corrected chi connectivity index (χ1v) is 11.9. The fourth-order valence-corrected chi connectivity index (χ4v) is 5.21. The van der Waals surface area contributed by atoms with Crippen molar-refractivity contribution in [2.75, 3.05) is 36.8 Å². The molecular formula is C24H22FN7OS. The molecule has 2 aromatic carbocycles. The van der Waals surface area contributed by atoms with E-state index in [0.29, 0.717) is 53.8 Å². The largest absolute Gasteiger partial charge is 0.382 e. The maximum atomic E-state index is 15.0. The maximum absolute atomic E-state index is 15.0. The normalized spacial score (nSPS) is 15.3. The third kappa shape index (κ3) is 4.50. The van der Waals surface area contributed by atoms with Crippen LogP contribution >= 0.6 is 0 Å². The molecule has 0 aliphatic carbocycles. The second kappa shape index (κ2) is 9.62. The van der Waals surface area contributed by atoms with Crippen LogP contribution in [-0.2, 0) is 11.0 Å². The van der Waals surface area contributed by atoms with Gasteiger partial charge in [0.1, 0.15) is 22.6 Å². The highest BCUT2D eigenvalue weighted by atomic mass is 32.2. The van der Waals surface area contributed by atoms with Crippen LogP contribution in [0, 0.1) is 5.82 Å². The van der Waals surface area contributed by atoms with Gasteiger partial charge in [-0.15, -0.1) is 0 Å². The van der Waals surface area contributed by atoms with E-state index in [-0.39, 0.29) is 5.82 Å². The van der Waals surface area contributed by atoms with E-state index in [1.165, 1.54) is 18.5 Å². The Kier molecular flexibility index (Phi) is 6.24. The zero-order chi connectivity index (χ0) is 23.5.